The van der Waals surface area contributed by atoms with Crippen LogP contribution in [-0.4, -0.2) is 41.1 Å². The molecule has 2 rings (SSSR count). The molecule has 1 fully saturated rings. The van der Waals surface area contributed by atoms with Gasteiger partial charge in [-0.1, -0.05) is 23.9 Å². The van der Waals surface area contributed by atoms with Crippen molar-refractivity contribution in [3.05, 3.63) is 40.9 Å². The van der Waals surface area contributed by atoms with E-state index >= 15 is 0 Å². The molecule has 1 saturated heterocycles. The highest BCUT2D eigenvalue weighted by molar-refractivity contribution is 8.04. The number of hydrogen-bond acceptors (Lipinski definition) is 6. The largest absolute Gasteiger partial charge is 0.463 e. The first-order valence-electron chi connectivity index (χ1n) is 7.61. The number of carbonyl (C=O) groups excluding carboxylic acids is 3. The smallest absolute Gasteiger partial charge is 0.333 e. The average molecular weight is 359 g/mol. The molecule has 1 aliphatic rings. The van der Waals surface area contributed by atoms with Crippen LogP contribution in [-0.2, 0) is 19.1 Å². The third kappa shape index (κ3) is 4.39. The Morgan fingerprint density at radius 1 is 1.48 bits per heavy atom. The number of hydrogen-bond donors (Lipinski definition) is 1. The molecule has 1 heterocycles. The van der Waals surface area contributed by atoms with E-state index < -0.39 is 17.9 Å². The Labute approximate surface area is 149 Å². The number of esters is 1. The van der Waals surface area contributed by atoms with Gasteiger partial charge in [0, 0.05) is 0 Å². The molecule has 8 heteroatoms. The highest BCUT2D eigenvalue weighted by atomic mass is 32.2. The normalized spacial score (nSPS) is 16.4. The zero-order valence-corrected chi connectivity index (χ0v) is 14.6. The highest BCUT2D eigenvalue weighted by Crippen LogP contribution is 2.31. The van der Waals surface area contributed by atoms with Crippen molar-refractivity contribution in [2.45, 2.75) is 19.9 Å². The SMILES string of the molecule is CCOC(=O)/C=C1\SCC(=O)N1[C@@H](C)C(=O)Nc1ccccc1C#N. The predicted molar refractivity (Wildman–Crippen MR) is 93.3 cm³/mol. The van der Waals surface area contributed by atoms with E-state index in [4.69, 9.17) is 10.00 Å². The van der Waals surface area contributed by atoms with Gasteiger partial charge in [-0.2, -0.15) is 5.26 Å². The van der Waals surface area contributed by atoms with Gasteiger partial charge in [0.25, 0.3) is 0 Å². The standard InChI is InChI=1S/C17H17N3O4S/c1-3-24-16(22)8-15-20(14(21)10-25-15)11(2)17(23)19-13-7-5-4-6-12(13)9-18/h4-8,11H,3,10H2,1-2H3,(H,19,23)/b15-8-/t11-/m0/s1. The number of carbonyl (C=O) groups is 3. The van der Waals surface area contributed by atoms with Gasteiger partial charge >= 0.3 is 5.97 Å². The highest BCUT2D eigenvalue weighted by Gasteiger charge is 2.35. The van der Waals surface area contributed by atoms with Crippen molar-refractivity contribution in [3.63, 3.8) is 0 Å². The van der Waals surface area contributed by atoms with Crippen LogP contribution >= 0.6 is 11.8 Å². The summed E-state index contributed by atoms with van der Waals surface area (Å²) in [6.45, 7) is 3.47. The maximum absolute atomic E-state index is 12.5. The second-order valence-corrected chi connectivity index (χ2v) is 6.11. The second-order valence-electron chi connectivity index (χ2n) is 5.11. The number of nitrogens with one attached hydrogen (secondary N) is 1. The van der Waals surface area contributed by atoms with Crippen LogP contribution in [0.15, 0.2) is 35.4 Å². The Kier molecular flexibility index (Phi) is 6.19. The van der Waals surface area contributed by atoms with Gasteiger partial charge in [0.15, 0.2) is 0 Å². The van der Waals surface area contributed by atoms with Crippen LogP contribution in [0.25, 0.3) is 0 Å². The number of ether oxygens (including phenoxy) is 1. The van der Waals surface area contributed by atoms with E-state index in [2.05, 4.69) is 5.32 Å². The molecular weight excluding hydrogens is 342 g/mol. The quantitative estimate of drug-likeness (QED) is 0.636. The lowest BCUT2D eigenvalue weighted by molar-refractivity contribution is -0.137. The molecular formula is C17H17N3O4S. The summed E-state index contributed by atoms with van der Waals surface area (Å²) in [5, 5.41) is 12.1. The van der Waals surface area contributed by atoms with E-state index in [1.54, 1.807) is 38.1 Å². The lowest BCUT2D eigenvalue weighted by atomic mass is 10.2. The monoisotopic (exact) mass is 359 g/mol. The van der Waals surface area contributed by atoms with Crippen molar-refractivity contribution in [1.82, 2.24) is 4.90 Å². The van der Waals surface area contributed by atoms with Gasteiger partial charge in [-0.15, -0.1) is 0 Å². The van der Waals surface area contributed by atoms with Gasteiger partial charge in [-0.05, 0) is 26.0 Å². The second kappa shape index (κ2) is 8.35. The number of amides is 2. The van der Waals surface area contributed by atoms with Crippen LogP contribution in [0, 0.1) is 11.3 Å². The number of nitrogens with zero attached hydrogens (tertiary/aromatic N) is 2. The van der Waals surface area contributed by atoms with E-state index in [0.29, 0.717) is 16.3 Å². The summed E-state index contributed by atoms with van der Waals surface area (Å²) in [5.74, 6) is -1.13. The minimum absolute atomic E-state index is 0.150. The summed E-state index contributed by atoms with van der Waals surface area (Å²) >= 11 is 1.18. The fraction of sp³-hybridized carbons (Fsp3) is 0.294. The van der Waals surface area contributed by atoms with E-state index in [0.717, 1.165) is 0 Å². The van der Waals surface area contributed by atoms with Crippen molar-refractivity contribution in [2.75, 3.05) is 17.7 Å². The summed E-state index contributed by atoms with van der Waals surface area (Å²) in [4.78, 5) is 37.5. The molecule has 1 aromatic carbocycles. The first-order chi connectivity index (χ1) is 12.0. The van der Waals surface area contributed by atoms with E-state index in [9.17, 15) is 14.4 Å². The van der Waals surface area contributed by atoms with Crippen LogP contribution < -0.4 is 5.32 Å². The van der Waals surface area contributed by atoms with Gasteiger partial charge in [0.05, 0.1) is 34.7 Å². The molecule has 1 atom stereocenters. The maximum Gasteiger partial charge on any atom is 0.333 e. The minimum Gasteiger partial charge on any atom is -0.463 e. The van der Waals surface area contributed by atoms with Gasteiger partial charge in [0.2, 0.25) is 11.8 Å². The van der Waals surface area contributed by atoms with Gasteiger partial charge in [0.1, 0.15) is 12.1 Å². The summed E-state index contributed by atoms with van der Waals surface area (Å²) < 4.78 is 4.85. The van der Waals surface area contributed by atoms with Crippen LogP contribution in [0.1, 0.15) is 19.4 Å². The van der Waals surface area contributed by atoms with E-state index in [-0.39, 0.29) is 18.3 Å². The van der Waals surface area contributed by atoms with Gasteiger partial charge in [-0.3, -0.25) is 14.5 Å². The molecule has 25 heavy (non-hydrogen) atoms. The predicted octanol–water partition coefficient (Wildman–Crippen LogP) is 1.87. The fourth-order valence-corrected chi connectivity index (χ4v) is 3.23. The maximum atomic E-state index is 12.5. The molecule has 2 amide bonds. The van der Waals surface area contributed by atoms with Gasteiger partial charge in [-0.25, -0.2) is 4.79 Å². The summed E-state index contributed by atoms with van der Waals surface area (Å²) in [5.41, 5.74) is 0.699. The molecule has 0 spiro atoms. The average Bonchev–Trinajstić information content (AvgIpc) is 2.95. The number of thioether (sulfide) groups is 1. The van der Waals surface area contributed by atoms with Gasteiger partial charge < -0.3 is 10.1 Å². The molecule has 0 radical (unpaired) electrons. The number of rotatable bonds is 5. The van der Waals surface area contributed by atoms with Crippen LogP contribution in [0.5, 0.6) is 0 Å². The zero-order valence-electron chi connectivity index (χ0n) is 13.8. The van der Waals surface area contributed by atoms with Crippen LogP contribution in [0.4, 0.5) is 5.69 Å². The van der Waals surface area contributed by atoms with E-state index in [1.807, 2.05) is 6.07 Å². The molecule has 1 aromatic rings. The minimum atomic E-state index is -0.838. The number of anilines is 1. The number of para-hydroxylation sites is 1. The third-order valence-corrected chi connectivity index (χ3v) is 4.45. The van der Waals surface area contributed by atoms with Crippen molar-refractivity contribution >= 4 is 35.2 Å². The summed E-state index contributed by atoms with van der Waals surface area (Å²) in [7, 11) is 0. The summed E-state index contributed by atoms with van der Waals surface area (Å²) in [6.07, 6.45) is 1.21. The first-order valence-corrected chi connectivity index (χ1v) is 8.59. The van der Waals surface area contributed by atoms with Crippen molar-refractivity contribution in [1.29, 1.82) is 5.26 Å². The third-order valence-electron chi connectivity index (χ3n) is 3.45. The van der Waals surface area contributed by atoms with E-state index in [1.165, 1.54) is 22.7 Å². The zero-order chi connectivity index (χ0) is 18.4. The molecule has 0 saturated carbocycles. The Morgan fingerprint density at radius 3 is 2.88 bits per heavy atom. The molecule has 7 nitrogen and oxygen atoms in total. The van der Waals surface area contributed by atoms with Crippen LogP contribution in [0.3, 0.4) is 0 Å². The van der Waals surface area contributed by atoms with Crippen molar-refractivity contribution in [2.24, 2.45) is 0 Å². The molecule has 0 unspecified atom stereocenters. The first kappa shape index (κ1) is 18.5. The fourth-order valence-electron chi connectivity index (χ4n) is 2.24. The number of nitriles is 1. The lowest BCUT2D eigenvalue weighted by Crippen LogP contribution is -2.42. The van der Waals surface area contributed by atoms with Crippen molar-refractivity contribution in [3.8, 4) is 6.07 Å². The molecule has 0 bridgehead atoms. The molecule has 0 aromatic heterocycles. The molecule has 1 aliphatic heterocycles. The Morgan fingerprint density at radius 2 is 2.20 bits per heavy atom. The lowest BCUT2D eigenvalue weighted by Gasteiger charge is -2.24. The molecule has 1 N–H and O–H groups in total. The summed E-state index contributed by atoms with van der Waals surface area (Å²) in [6, 6.07) is 7.75. The Balaban J connectivity index is 2.18. The van der Waals surface area contributed by atoms with Crippen LogP contribution in [0.2, 0.25) is 0 Å². The Bertz CT molecular complexity index is 769. The Hall–Kier alpha value is -2.79. The number of benzene rings is 1. The molecule has 0 aliphatic carbocycles. The topological polar surface area (TPSA) is 99.5 Å². The van der Waals surface area contributed by atoms with Crippen molar-refractivity contribution < 1.29 is 19.1 Å². The molecule has 130 valence electrons.